The Hall–Kier alpha value is -0.610. The van der Waals surface area contributed by atoms with Crippen LogP contribution in [0.25, 0.3) is 0 Å². The van der Waals surface area contributed by atoms with Gasteiger partial charge in [-0.1, -0.05) is 27.7 Å². The van der Waals surface area contributed by atoms with Crippen molar-refractivity contribution in [2.24, 2.45) is 11.8 Å². The SMILES string of the molecule is CC(C)CN(CC(C)C)C1CCC(NC2CC2)(C(=O)O)C1. The summed E-state index contributed by atoms with van der Waals surface area (Å²) in [6, 6.07) is 0.862. The third-order valence-electron chi connectivity index (χ3n) is 4.67. The molecule has 2 aliphatic rings. The Morgan fingerprint density at radius 3 is 2.19 bits per heavy atom. The van der Waals surface area contributed by atoms with E-state index >= 15 is 0 Å². The fraction of sp³-hybridized carbons (Fsp3) is 0.941. The number of carbonyl (C=O) groups is 1. The molecule has 2 N–H and O–H groups in total. The minimum absolute atomic E-state index is 0.414. The molecule has 21 heavy (non-hydrogen) atoms. The van der Waals surface area contributed by atoms with Gasteiger partial charge in [0.2, 0.25) is 0 Å². The van der Waals surface area contributed by atoms with Crippen molar-refractivity contribution in [1.82, 2.24) is 10.2 Å². The summed E-state index contributed by atoms with van der Waals surface area (Å²) in [5.41, 5.74) is -0.669. The molecule has 2 unspecified atom stereocenters. The molecule has 0 spiro atoms. The maximum atomic E-state index is 11.8. The van der Waals surface area contributed by atoms with Crippen molar-refractivity contribution in [1.29, 1.82) is 0 Å². The normalized spacial score (nSPS) is 29.8. The van der Waals surface area contributed by atoms with E-state index in [0.717, 1.165) is 45.2 Å². The van der Waals surface area contributed by atoms with Crippen molar-refractivity contribution in [2.75, 3.05) is 13.1 Å². The minimum atomic E-state index is -0.669. The summed E-state index contributed by atoms with van der Waals surface area (Å²) >= 11 is 0. The molecule has 4 heteroatoms. The second-order valence-electron chi connectivity index (χ2n) is 7.94. The third-order valence-corrected chi connectivity index (χ3v) is 4.67. The fourth-order valence-corrected chi connectivity index (χ4v) is 3.65. The van der Waals surface area contributed by atoms with E-state index in [2.05, 4.69) is 37.9 Å². The molecule has 2 atom stereocenters. The van der Waals surface area contributed by atoms with Gasteiger partial charge in [0, 0.05) is 25.2 Å². The van der Waals surface area contributed by atoms with E-state index in [1.807, 2.05) is 0 Å². The Bertz CT molecular complexity index is 356. The number of rotatable bonds is 8. The highest BCUT2D eigenvalue weighted by molar-refractivity contribution is 5.79. The van der Waals surface area contributed by atoms with E-state index in [-0.39, 0.29) is 0 Å². The fourth-order valence-electron chi connectivity index (χ4n) is 3.65. The van der Waals surface area contributed by atoms with Crippen molar-refractivity contribution in [3.8, 4) is 0 Å². The molecule has 2 aliphatic carbocycles. The lowest BCUT2D eigenvalue weighted by atomic mass is 9.96. The average molecular weight is 296 g/mol. The number of carboxylic acid groups (broad SMARTS) is 1. The van der Waals surface area contributed by atoms with Crippen LogP contribution in [-0.4, -0.2) is 46.7 Å². The highest BCUT2D eigenvalue weighted by atomic mass is 16.4. The van der Waals surface area contributed by atoms with Gasteiger partial charge in [-0.3, -0.25) is 15.0 Å². The summed E-state index contributed by atoms with van der Waals surface area (Å²) in [6.07, 6.45) is 4.82. The lowest BCUT2D eigenvalue weighted by Gasteiger charge is -2.33. The van der Waals surface area contributed by atoms with Gasteiger partial charge in [-0.15, -0.1) is 0 Å². The quantitative estimate of drug-likeness (QED) is 0.723. The molecule has 0 aromatic carbocycles. The lowest BCUT2D eigenvalue weighted by molar-refractivity contribution is -0.145. The second kappa shape index (κ2) is 6.66. The molecule has 0 bridgehead atoms. The molecule has 0 radical (unpaired) electrons. The maximum Gasteiger partial charge on any atom is 0.323 e. The maximum absolute atomic E-state index is 11.8. The highest BCUT2D eigenvalue weighted by Gasteiger charge is 2.49. The zero-order chi connectivity index (χ0) is 15.6. The van der Waals surface area contributed by atoms with E-state index in [4.69, 9.17) is 0 Å². The number of carboxylic acids is 1. The van der Waals surface area contributed by atoms with E-state index in [1.165, 1.54) is 0 Å². The molecule has 2 saturated carbocycles. The van der Waals surface area contributed by atoms with Gasteiger partial charge in [-0.05, 0) is 43.9 Å². The smallest absolute Gasteiger partial charge is 0.323 e. The van der Waals surface area contributed by atoms with Crippen LogP contribution in [0.2, 0.25) is 0 Å². The summed E-state index contributed by atoms with van der Waals surface area (Å²) < 4.78 is 0. The summed E-state index contributed by atoms with van der Waals surface area (Å²) in [7, 11) is 0. The van der Waals surface area contributed by atoms with Crippen LogP contribution in [0.4, 0.5) is 0 Å². The number of nitrogens with one attached hydrogen (secondary N) is 1. The number of aliphatic carboxylic acids is 1. The van der Waals surface area contributed by atoms with Crippen molar-refractivity contribution < 1.29 is 9.90 Å². The number of nitrogens with zero attached hydrogens (tertiary/aromatic N) is 1. The Balaban J connectivity index is 2.03. The van der Waals surface area contributed by atoms with Crippen LogP contribution < -0.4 is 5.32 Å². The number of hydrogen-bond donors (Lipinski definition) is 2. The number of hydrogen-bond acceptors (Lipinski definition) is 3. The molecular weight excluding hydrogens is 264 g/mol. The van der Waals surface area contributed by atoms with Crippen molar-refractivity contribution in [3.63, 3.8) is 0 Å². The van der Waals surface area contributed by atoms with Crippen LogP contribution in [0.15, 0.2) is 0 Å². The van der Waals surface area contributed by atoms with Gasteiger partial charge in [-0.25, -0.2) is 0 Å². The van der Waals surface area contributed by atoms with Gasteiger partial charge in [0.05, 0.1) is 0 Å². The molecule has 2 fully saturated rings. The Morgan fingerprint density at radius 2 is 1.76 bits per heavy atom. The molecule has 122 valence electrons. The molecule has 0 saturated heterocycles. The molecule has 0 aliphatic heterocycles. The van der Waals surface area contributed by atoms with Gasteiger partial charge in [0.1, 0.15) is 5.54 Å². The Kier molecular flexibility index (Phi) is 5.31. The summed E-state index contributed by atoms with van der Waals surface area (Å²) in [6.45, 7) is 11.1. The molecule has 0 heterocycles. The van der Waals surface area contributed by atoms with E-state index in [9.17, 15) is 9.90 Å². The molecule has 0 aromatic rings. The van der Waals surface area contributed by atoms with E-state index in [0.29, 0.717) is 23.9 Å². The van der Waals surface area contributed by atoms with Crippen LogP contribution >= 0.6 is 0 Å². The predicted molar refractivity (Wildman–Crippen MR) is 85.4 cm³/mol. The molecular formula is C17H32N2O2. The first kappa shape index (κ1) is 16.8. The third kappa shape index (κ3) is 4.43. The van der Waals surface area contributed by atoms with Gasteiger partial charge >= 0.3 is 5.97 Å². The van der Waals surface area contributed by atoms with Crippen molar-refractivity contribution in [2.45, 2.75) is 77.4 Å². The standard InChI is InChI=1S/C17H32N2O2/c1-12(2)10-19(11-13(3)4)15-7-8-17(9-15,16(20)21)18-14-5-6-14/h12-15,18H,5-11H2,1-4H3,(H,20,21). The largest absolute Gasteiger partial charge is 0.480 e. The monoisotopic (exact) mass is 296 g/mol. The second-order valence-corrected chi connectivity index (χ2v) is 7.94. The minimum Gasteiger partial charge on any atom is -0.480 e. The van der Waals surface area contributed by atoms with Gasteiger partial charge in [0.15, 0.2) is 0 Å². The van der Waals surface area contributed by atoms with Crippen LogP contribution in [-0.2, 0) is 4.79 Å². The highest BCUT2D eigenvalue weighted by Crippen LogP contribution is 2.37. The molecule has 4 nitrogen and oxygen atoms in total. The molecule has 0 aromatic heterocycles. The first-order valence-electron chi connectivity index (χ1n) is 8.57. The van der Waals surface area contributed by atoms with Crippen molar-refractivity contribution in [3.05, 3.63) is 0 Å². The average Bonchev–Trinajstić information content (AvgIpc) is 3.04. The Morgan fingerprint density at radius 1 is 1.19 bits per heavy atom. The lowest BCUT2D eigenvalue weighted by Crippen LogP contribution is -2.52. The summed E-state index contributed by atoms with van der Waals surface area (Å²) in [4.78, 5) is 14.4. The van der Waals surface area contributed by atoms with Crippen molar-refractivity contribution >= 4 is 5.97 Å². The molecule has 2 rings (SSSR count). The van der Waals surface area contributed by atoms with Gasteiger partial charge in [0.25, 0.3) is 0 Å². The first-order valence-corrected chi connectivity index (χ1v) is 8.57. The predicted octanol–water partition coefficient (Wildman–Crippen LogP) is 2.73. The van der Waals surface area contributed by atoms with Gasteiger partial charge < -0.3 is 5.11 Å². The zero-order valence-corrected chi connectivity index (χ0v) is 14.1. The zero-order valence-electron chi connectivity index (χ0n) is 14.1. The van der Waals surface area contributed by atoms with Crippen LogP contribution in [0.3, 0.4) is 0 Å². The van der Waals surface area contributed by atoms with E-state index in [1.54, 1.807) is 0 Å². The Labute approximate surface area is 129 Å². The van der Waals surface area contributed by atoms with Gasteiger partial charge in [-0.2, -0.15) is 0 Å². The molecule has 0 amide bonds. The first-order chi connectivity index (χ1) is 9.82. The van der Waals surface area contributed by atoms with Crippen LogP contribution in [0, 0.1) is 11.8 Å². The summed E-state index contributed by atoms with van der Waals surface area (Å²) in [5, 5.41) is 13.2. The topological polar surface area (TPSA) is 52.6 Å². The van der Waals surface area contributed by atoms with E-state index < -0.39 is 11.5 Å². The van der Waals surface area contributed by atoms with Crippen LogP contribution in [0.5, 0.6) is 0 Å². The van der Waals surface area contributed by atoms with Crippen LogP contribution in [0.1, 0.15) is 59.8 Å². The summed E-state index contributed by atoms with van der Waals surface area (Å²) in [5.74, 6) is 0.603.